The van der Waals surface area contributed by atoms with Crippen LogP contribution in [0.5, 0.6) is 0 Å². The average Bonchev–Trinajstić information content (AvgIpc) is 2.35. The summed E-state index contributed by atoms with van der Waals surface area (Å²) in [7, 11) is 0. The van der Waals surface area contributed by atoms with Gasteiger partial charge < -0.3 is 5.32 Å². The van der Waals surface area contributed by atoms with Gasteiger partial charge in [-0.25, -0.2) is 0 Å². The molecule has 0 aliphatic heterocycles. The van der Waals surface area contributed by atoms with E-state index < -0.39 is 17.6 Å². The highest BCUT2D eigenvalue weighted by Gasteiger charge is 2.35. The Hall–Kier alpha value is -1.23. The molecule has 0 aliphatic rings. The second kappa shape index (κ2) is 6.48. The highest BCUT2D eigenvalue weighted by Crippen LogP contribution is 2.31. The molecule has 0 unspecified atom stereocenters. The summed E-state index contributed by atoms with van der Waals surface area (Å²) in [6.45, 7) is 4.06. The van der Waals surface area contributed by atoms with Crippen molar-refractivity contribution in [1.82, 2.24) is 5.32 Å². The maximum atomic E-state index is 12.8. The lowest BCUT2D eigenvalue weighted by molar-refractivity contribution is -0.137. The minimum Gasteiger partial charge on any atom is -0.351 e. The van der Waals surface area contributed by atoms with Gasteiger partial charge in [0.05, 0.1) is 11.1 Å². The molecule has 0 fully saturated rings. The fraction of sp³-hybridized carbons (Fsp3) is 0.500. The molecule has 0 heterocycles. The molecule has 1 aromatic carbocycles. The van der Waals surface area contributed by atoms with Crippen molar-refractivity contribution >= 4 is 17.5 Å². The van der Waals surface area contributed by atoms with E-state index in [1.807, 2.05) is 13.8 Å². The first-order valence-electron chi connectivity index (χ1n) is 6.18. The Kier molecular flexibility index (Phi) is 5.45. The number of carbonyl (C=O) groups excluding carboxylic acids is 1. The maximum absolute atomic E-state index is 12.8. The molecule has 1 rings (SSSR count). The molecule has 0 bridgehead atoms. The van der Waals surface area contributed by atoms with Crippen LogP contribution in [0.15, 0.2) is 24.3 Å². The monoisotopic (exact) mass is 307 g/mol. The molecule has 0 saturated carbocycles. The third-order valence-corrected chi connectivity index (χ3v) is 3.16. The zero-order chi connectivity index (χ0) is 15.4. The second-order valence-electron chi connectivity index (χ2n) is 5.33. The van der Waals surface area contributed by atoms with Crippen LogP contribution in [0.4, 0.5) is 13.2 Å². The van der Waals surface area contributed by atoms with Gasteiger partial charge in [0.1, 0.15) is 0 Å². The summed E-state index contributed by atoms with van der Waals surface area (Å²) in [5.41, 5.74) is -1.54. The predicted octanol–water partition coefficient (Wildman–Crippen LogP) is 4.09. The molecule has 0 radical (unpaired) electrons. The highest BCUT2D eigenvalue weighted by atomic mass is 35.5. The molecule has 20 heavy (non-hydrogen) atoms. The smallest absolute Gasteiger partial charge is 0.351 e. The SMILES string of the molecule is CC(C)(CCCl)CNC(=O)c1ccccc1C(F)(F)F. The lowest BCUT2D eigenvalue weighted by Crippen LogP contribution is -2.35. The van der Waals surface area contributed by atoms with E-state index in [2.05, 4.69) is 5.32 Å². The van der Waals surface area contributed by atoms with E-state index in [4.69, 9.17) is 11.6 Å². The molecule has 1 amide bonds. The third-order valence-electron chi connectivity index (χ3n) is 2.98. The van der Waals surface area contributed by atoms with E-state index in [-0.39, 0.29) is 17.5 Å². The van der Waals surface area contributed by atoms with E-state index in [0.29, 0.717) is 12.3 Å². The average molecular weight is 308 g/mol. The topological polar surface area (TPSA) is 29.1 Å². The van der Waals surface area contributed by atoms with Crippen molar-refractivity contribution in [3.63, 3.8) is 0 Å². The van der Waals surface area contributed by atoms with Crippen LogP contribution in [0, 0.1) is 5.41 Å². The van der Waals surface area contributed by atoms with Gasteiger partial charge in [0.2, 0.25) is 0 Å². The van der Waals surface area contributed by atoms with Crippen molar-refractivity contribution in [1.29, 1.82) is 0 Å². The number of carbonyl (C=O) groups is 1. The first-order chi connectivity index (χ1) is 9.17. The molecule has 0 aliphatic carbocycles. The van der Waals surface area contributed by atoms with Gasteiger partial charge in [0.15, 0.2) is 0 Å². The lowest BCUT2D eigenvalue weighted by atomic mass is 9.90. The Labute approximate surface area is 121 Å². The van der Waals surface area contributed by atoms with Crippen molar-refractivity contribution < 1.29 is 18.0 Å². The Balaban J connectivity index is 2.84. The fourth-order valence-electron chi connectivity index (χ4n) is 1.69. The number of hydrogen-bond donors (Lipinski definition) is 1. The molecule has 0 spiro atoms. The molecule has 1 aromatic rings. The molecule has 112 valence electrons. The molecule has 0 aromatic heterocycles. The molecule has 1 N–H and O–H groups in total. The van der Waals surface area contributed by atoms with Gasteiger partial charge in [-0.1, -0.05) is 26.0 Å². The molecular weight excluding hydrogens is 291 g/mol. The predicted molar refractivity (Wildman–Crippen MR) is 72.9 cm³/mol. The summed E-state index contributed by atoms with van der Waals surface area (Å²) in [6.07, 6.45) is -3.88. The first-order valence-corrected chi connectivity index (χ1v) is 6.71. The summed E-state index contributed by atoms with van der Waals surface area (Å²) in [4.78, 5) is 11.9. The van der Waals surface area contributed by atoms with Crippen LogP contribution in [0.3, 0.4) is 0 Å². The summed E-state index contributed by atoms with van der Waals surface area (Å²) in [6, 6.07) is 4.75. The summed E-state index contributed by atoms with van der Waals surface area (Å²) < 4.78 is 38.4. The summed E-state index contributed by atoms with van der Waals surface area (Å²) in [5.74, 6) is -0.289. The van der Waals surface area contributed by atoms with E-state index in [1.165, 1.54) is 18.2 Å². The van der Waals surface area contributed by atoms with Crippen molar-refractivity contribution in [2.75, 3.05) is 12.4 Å². The van der Waals surface area contributed by atoms with Crippen LogP contribution in [0.2, 0.25) is 0 Å². The van der Waals surface area contributed by atoms with E-state index in [1.54, 1.807) is 0 Å². The van der Waals surface area contributed by atoms with Crippen molar-refractivity contribution in [3.8, 4) is 0 Å². The van der Waals surface area contributed by atoms with Crippen LogP contribution in [0.25, 0.3) is 0 Å². The van der Waals surface area contributed by atoms with Crippen LogP contribution in [0.1, 0.15) is 36.2 Å². The summed E-state index contributed by atoms with van der Waals surface area (Å²) in [5, 5.41) is 2.54. The number of amides is 1. The van der Waals surface area contributed by atoms with E-state index in [0.717, 1.165) is 6.07 Å². The van der Waals surface area contributed by atoms with E-state index >= 15 is 0 Å². The summed E-state index contributed by atoms with van der Waals surface area (Å²) >= 11 is 5.64. The lowest BCUT2D eigenvalue weighted by Gasteiger charge is -2.24. The number of nitrogens with one attached hydrogen (secondary N) is 1. The van der Waals surface area contributed by atoms with Crippen LogP contribution >= 0.6 is 11.6 Å². The Morgan fingerprint density at radius 3 is 2.40 bits per heavy atom. The Bertz CT molecular complexity index is 472. The van der Waals surface area contributed by atoms with Crippen LogP contribution in [-0.4, -0.2) is 18.3 Å². The Morgan fingerprint density at radius 2 is 1.85 bits per heavy atom. The van der Waals surface area contributed by atoms with Gasteiger partial charge >= 0.3 is 6.18 Å². The van der Waals surface area contributed by atoms with Gasteiger partial charge in [-0.3, -0.25) is 4.79 Å². The molecule has 0 atom stereocenters. The normalized spacial score (nSPS) is 12.3. The van der Waals surface area contributed by atoms with Crippen molar-refractivity contribution in [3.05, 3.63) is 35.4 Å². The number of benzene rings is 1. The molecular formula is C14H17ClF3NO. The fourth-order valence-corrected chi connectivity index (χ4v) is 2.20. The Morgan fingerprint density at radius 1 is 1.25 bits per heavy atom. The van der Waals surface area contributed by atoms with Gasteiger partial charge in [-0.2, -0.15) is 13.2 Å². The number of alkyl halides is 4. The number of rotatable bonds is 5. The number of hydrogen-bond acceptors (Lipinski definition) is 1. The second-order valence-corrected chi connectivity index (χ2v) is 5.71. The minimum atomic E-state index is -4.54. The van der Waals surface area contributed by atoms with Gasteiger partial charge in [0.25, 0.3) is 5.91 Å². The largest absolute Gasteiger partial charge is 0.417 e. The first kappa shape index (κ1) is 16.8. The number of halogens is 4. The quantitative estimate of drug-likeness (QED) is 0.816. The highest BCUT2D eigenvalue weighted by molar-refractivity contribution is 6.17. The van der Waals surface area contributed by atoms with Crippen molar-refractivity contribution in [2.45, 2.75) is 26.4 Å². The zero-order valence-electron chi connectivity index (χ0n) is 11.4. The minimum absolute atomic E-state index is 0.259. The van der Waals surface area contributed by atoms with Crippen molar-refractivity contribution in [2.24, 2.45) is 5.41 Å². The zero-order valence-corrected chi connectivity index (χ0v) is 12.1. The van der Waals surface area contributed by atoms with Gasteiger partial charge in [0, 0.05) is 12.4 Å². The standard InChI is InChI=1S/C14H17ClF3NO/c1-13(2,7-8-15)9-19-12(20)10-5-3-4-6-11(10)14(16,17)18/h3-6H,7-9H2,1-2H3,(H,19,20). The van der Waals surface area contributed by atoms with Gasteiger partial charge in [-0.05, 0) is 24.0 Å². The van der Waals surface area contributed by atoms with E-state index in [9.17, 15) is 18.0 Å². The molecule has 6 heteroatoms. The van der Waals surface area contributed by atoms with Crippen LogP contribution < -0.4 is 5.32 Å². The third kappa shape index (κ3) is 4.71. The molecule has 2 nitrogen and oxygen atoms in total. The maximum Gasteiger partial charge on any atom is 0.417 e. The van der Waals surface area contributed by atoms with Gasteiger partial charge in [-0.15, -0.1) is 11.6 Å². The molecule has 0 saturated heterocycles. The van der Waals surface area contributed by atoms with Crippen LogP contribution in [-0.2, 0) is 6.18 Å².